The summed E-state index contributed by atoms with van der Waals surface area (Å²) in [5, 5.41) is 3.64. The average Bonchev–Trinajstić information content (AvgIpc) is 2.43. The van der Waals surface area contributed by atoms with Crippen molar-refractivity contribution in [1.29, 1.82) is 0 Å². The van der Waals surface area contributed by atoms with Crippen LogP contribution in [0.5, 0.6) is 0 Å². The van der Waals surface area contributed by atoms with Crippen molar-refractivity contribution in [2.45, 2.75) is 30.6 Å². The molecule has 0 radical (unpaired) electrons. The van der Waals surface area contributed by atoms with Crippen LogP contribution in [0.4, 0.5) is 4.79 Å². The Balaban J connectivity index is 1.97. The van der Waals surface area contributed by atoms with E-state index < -0.39 is 0 Å². The van der Waals surface area contributed by atoms with Gasteiger partial charge in [-0.25, -0.2) is 0 Å². The average molecular weight is 186 g/mol. The smallest absolute Gasteiger partial charge is 0.279 e. The molecule has 1 amide bonds. The molecule has 1 aliphatic carbocycles. The highest BCUT2D eigenvalue weighted by Crippen LogP contribution is 2.36. The first-order chi connectivity index (χ1) is 5.79. The first kappa shape index (κ1) is 8.38. The maximum Gasteiger partial charge on any atom is 0.279 e. The molecule has 0 bridgehead atoms. The summed E-state index contributed by atoms with van der Waals surface area (Å²) in [6.07, 6.45) is 3.41. The summed E-state index contributed by atoms with van der Waals surface area (Å²) in [7, 11) is 0. The van der Waals surface area contributed by atoms with Crippen molar-refractivity contribution in [3.63, 3.8) is 0 Å². The van der Waals surface area contributed by atoms with E-state index >= 15 is 0 Å². The minimum absolute atomic E-state index is 0.155. The second-order valence-electron chi connectivity index (χ2n) is 3.61. The Hall–Kier alpha value is -0.220. The lowest BCUT2D eigenvalue weighted by molar-refractivity contribution is 0.254. The van der Waals surface area contributed by atoms with Gasteiger partial charge in [0.1, 0.15) is 0 Å². The molecule has 3 N–H and O–H groups in total. The number of nitrogens with two attached hydrogens (primary N) is 1. The van der Waals surface area contributed by atoms with Crippen LogP contribution in [0, 0.1) is 5.92 Å². The van der Waals surface area contributed by atoms with Gasteiger partial charge in [0.05, 0.1) is 0 Å². The van der Waals surface area contributed by atoms with Crippen molar-refractivity contribution in [2.24, 2.45) is 11.7 Å². The van der Waals surface area contributed by atoms with Gasteiger partial charge in [0.15, 0.2) is 0 Å². The maximum absolute atomic E-state index is 11.0. The Labute approximate surface area is 76.5 Å². The molecule has 1 heterocycles. The minimum atomic E-state index is 0.155. The SMILES string of the molecule is NCC1CCC2NC(=O)SC2C1. The highest BCUT2D eigenvalue weighted by molar-refractivity contribution is 8.14. The van der Waals surface area contributed by atoms with Gasteiger partial charge in [-0.05, 0) is 31.7 Å². The van der Waals surface area contributed by atoms with Crippen molar-refractivity contribution in [1.82, 2.24) is 5.32 Å². The molecule has 4 heteroatoms. The zero-order valence-electron chi connectivity index (χ0n) is 6.95. The van der Waals surface area contributed by atoms with Crippen LogP contribution in [0.1, 0.15) is 19.3 Å². The first-order valence-electron chi connectivity index (χ1n) is 4.47. The predicted octanol–water partition coefficient (Wildman–Crippen LogP) is 0.939. The van der Waals surface area contributed by atoms with Gasteiger partial charge in [-0.1, -0.05) is 11.8 Å². The standard InChI is InChI=1S/C8H14N2OS/c9-4-5-1-2-6-7(3-5)12-8(11)10-6/h5-7H,1-4,9H2,(H,10,11). The van der Waals surface area contributed by atoms with Crippen LogP contribution in [-0.4, -0.2) is 23.1 Å². The normalized spacial score (nSPS) is 40.8. The molecule has 0 aromatic rings. The van der Waals surface area contributed by atoms with Gasteiger partial charge in [-0.2, -0.15) is 0 Å². The Morgan fingerprint density at radius 1 is 1.58 bits per heavy atom. The summed E-state index contributed by atoms with van der Waals surface area (Å²) in [5.74, 6) is 0.645. The molecule has 2 fully saturated rings. The van der Waals surface area contributed by atoms with Crippen molar-refractivity contribution in [3.8, 4) is 0 Å². The van der Waals surface area contributed by atoms with Gasteiger partial charge >= 0.3 is 0 Å². The Morgan fingerprint density at radius 3 is 3.17 bits per heavy atom. The summed E-state index contributed by atoms with van der Waals surface area (Å²) in [5.41, 5.74) is 5.61. The molecule has 1 aliphatic heterocycles. The summed E-state index contributed by atoms with van der Waals surface area (Å²) >= 11 is 1.46. The van der Waals surface area contributed by atoms with E-state index in [1.165, 1.54) is 18.2 Å². The van der Waals surface area contributed by atoms with Crippen molar-refractivity contribution >= 4 is 17.0 Å². The molecule has 1 saturated heterocycles. The highest BCUT2D eigenvalue weighted by Gasteiger charge is 2.37. The van der Waals surface area contributed by atoms with E-state index in [1.54, 1.807) is 0 Å². The number of hydrogen-bond acceptors (Lipinski definition) is 3. The molecule has 12 heavy (non-hydrogen) atoms. The van der Waals surface area contributed by atoms with E-state index in [9.17, 15) is 4.79 Å². The Morgan fingerprint density at radius 2 is 2.42 bits per heavy atom. The van der Waals surface area contributed by atoms with E-state index in [0.29, 0.717) is 17.2 Å². The predicted molar refractivity (Wildman–Crippen MR) is 50.1 cm³/mol. The third kappa shape index (κ3) is 1.45. The molecule has 0 aromatic carbocycles. The first-order valence-corrected chi connectivity index (χ1v) is 5.35. The summed E-state index contributed by atoms with van der Waals surface area (Å²) in [6, 6.07) is 0.435. The lowest BCUT2D eigenvalue weighted by atomic mass is 9.86. The van der Waals surface area contributed by atoms with E-state index in [0.717, 1.165) is 19.4 Å². The fourth-order valence-electron chi connectivity index (χ4n) is 2.04. The van der Waals surface area contributed by atoms with Crippen LogP contribution in [0.3, 0.4) is 0 Å². The van der Waals surface area contributed by atoms with E-state index in [2.05, 4.69) is 5.32 Å². The van der Waals surface area contributed by atoms with Crippen LogP contribution in [0.15, 0.2) is 0 Å². The lowest BCUT2D eigenvalue weighted by Gasteiger charge is -2.29. The fraction of sp³-hybridized carbons (Fsp3) is 0.875. The van der Waals surface area contributed by atoms with Crippen LogP contribution in [-0.2, 0) is 0 Å². The second kappa shape index (κ2) is 3.26. The van der Waals surface area contributed by atoms with Gasteiger partial charge < -0.3 is 11.1 Å². The molecule has 3 atom stereocenters. The number of fused-ring (bicyclic) bond motifs is 1. The number of carbonyl (C=O) groups excluding carboxylic acids is 1. The minimum Gasteiger partial charge on any atom is -0.343 e. The molecule has 2 rings (SSSR count). The van der Waals surface area contributed by atoms with Crippen molar-refractivity contribution < 1.29 is 4.79 Å². The largest absolute Gasteiger partial charge is 0.343 e. The van der Waals surface area contributed by atoms with Crippen LogP contribution < -0.4 is 11.1 Å². The quantitative estimate of drug-likeness (QED) is 0.640. The highest BCUT2D eigenvalue weighted by atomic mass is 32.2. The topological polar surface area (TPSA) is 55.1 Å². The molecule has 0 spiro atoms. The molecular formula is C8H14N2OS. The summed E-state index contributed by atoms with van der Waals surface area (Å²) in [4.78, 5) is 11.0. The summed E-state index contributed by atoms with van der Waals surface area (Å²) < 4.78 is 0. The third-order valence-corrected chi connectivity index (χ3v) is 3.95. The van der Waals surface area contributed by atoms with Crippen molar-refractivity contribution in [3.05, 3.63) is 0 Å². The molecule has 0 aromatic heterocycles. The zero-order valence-corrected chi connectivity index (χ0v) is 7.77. The van der Waals surface area contributed by atoms with Crippen LogP contribution >= 0.6 is 11.8 Å². The van der Waals surface area contributed by atoms with E-state index in [-0.39, 0.29) is 5.24 Å². The number of nitrogens with one attached hydrogen (secondary N) is 1. The zero-order chi connectivity index (χ0) is 8.55. The molecular weight excluding hydrogens is 172 g/mol. The van der Waals surface area contributed by atoms with Crippen LogP contribution in [0.2, 0.25) is 0 Å². The van der Waals surface area contributed by atoms with Gasteiger partial charge in [0.2, 0.25) is 0 Å². The van der Waals surface area contributed by atoms with E-state index in [1.807, 2.05) is 0 Å². The maximum atomic E-state index is 11.0. The fourth-order valence-corrected chi connectivity index (χ4v) is 3.28. The molecule has 2 aliphatic rings. The van der Waals surface area contributed by atoms with Crippen molar-refractivity contribution in [2.75, 3.05) is 6.54 Å². The number of amides is 1. The van der Waals surface area contributed by atoms with Gasteiger partial charge in [-0.3, -0.25) is 4.79 Å². The molecule has 3 nitrogen and oxygen atoms in total. The van der Waals surface area contributed by atoms with Crippen LogP contribution in [0.25, 0.3) is 0 Å². The third-order valence-electron chi connectivity index (χ3n) is 2.80. The van der Waals surface area contributed by atoms with Gasteiger partial charge in [0.25, 0.3) is 5.24 Å². The lowest BCUT2D eigenvalue weighted by Crippen LogP contribution is -2.38. The number of thioether (sulfide) groups is 1. The molecule has 68 valence electrons. The Kier molecular flexibility index (Phi) is 2.28. The van der Waals surface area contributed by atoms with Gasteiger partial charge in [0, 0.05) is 11.3 Å². The monoisotopic (exact) mass is 186 g/mol. The summed E-state index contributed by atoms with van der Waals surface area (Å²) in [6.45, 7) is 0.776. The number of hydrogen-bond donors (Lipinski definition) is 2. The Bertz CT molecular complexity index is 197. The number of rotatable bonds is 1. The second-order valence-corrected chi connectivity index (χ2v) is 4.82. The molecule has 3 unspecified atom stereocenters. The van der Waals surface area contributed by atoms with E-state index in [4.69, 9.17) is 5.73 Å². The number of carbonyl (C=O) groups is 1. The molecule has 1 saturated carbocycles. The van der Waals surface area contributed by atoms with Gasteiger partial charge in [-0.15, -0.1) is 0 Å².